The van der Waals surface area contributed by atoms with Crippen LogP contribution in [0, 0.1) is 12.8 Å². The van der Waals surface area contributed by atoms with E-state index in [4.69, 9.17) is 0 Å². The summed E-state index contributed by atoms with van der Waals surface area (Å²) >= 11 is 0. The number of pyridine rings is 1. The predicted octanol–water partition coefficient (Wildman–Crippen LogP) is 2.71. The van der Waals surface area contributed by atoms with Crippen molar-refractivity contribution in [3.8, 4) is 0 Å². The molecule has 0 radical (unpaired) electrons. The van der Waals surface area contributed by atoms with E-state index >= 15 is 0 Å². The second-order valence-electron chi connectivity index (χ2n) is 6.17. The molecule has 1 amide bonds. The Morgan fingerprint density at radius 3 is 3.05 bits per heavy atom. The molecule has 2 atom stereocenters. The van der Waals surface area contributed by atoms with E-state index in [9.17, 15) is 9.90 Å². The highest BCUT2D eigenvalue weighted by Gasteiger charge is 2.25. The maximum Gasteiger partial charge on any atom is 0.223 e. The third kappa shape index (κ3) is 3.12. The number of carbonyl (C=O) groups excluding carboxylic acids is 1. The van der Waals surface area contributed by atoms with Crippen molar-refractivity contribution in [1.29, 1.82) is 0 Å². The molecule has 1 fully saturated rings. The van der Waals surface area contributed by atoms with E-state index in [1.54, 1.807) is 6.20 Å². The highest BCUT2D eigenvalue weighted by molar-refractivity contribution is 5.84. The molecule has 1 aliphatic carbocycles. The number of carbonyl (C=O) groups is 1. The van der Waals surface area contributed by atoms with Gasteiger partial charge in [-0.2, -0.15) is 0 Å². The van der Waals surface area contributed by atoms with Gasteiger partial charge in [-0.25, -0.2) is 0 Å². The van der Waals surface area contributed by atoms with Crippen molar-refractivity contribution in [2.75, 3.05) is 0 Å². The Labute approximate surface area is 130 Å². The zero-order valence-corrected chi connectivity index (χ0v) is 12.9. The van der Waals surface area contributed by atoms with Gasteiger partial charge in [-0.3, -0.25) is 9.78 Å². The standard InChI is InChI=1S/C18H22N2O2/c1-12-7-8-17-15(6-3-9-19-17)16(12)11-20-18(22)13-4-2-5-14(21)10-13/h3,6-9,13-14,21H,2,4-5,10-11H2,1H3,(H,20,22)/t13-,14-/m1/s1. The Kier molecular flexibility index (Phi) is 4.39. The van der Waals surface area contributed by atoms with Crippen LogP contribution in [0.4, 0.5) is 0 Å². The molecule has 0 saturated heterocycles. The molecule has 0 spiro atoms. The SMILES string of the molecule is Cc1ccc2ncccc2c1CNC(=O)[C@@H]1CCC[C@@H](O)C1. The number of aliphatic hydroxyl groups excluding tert-OH is 1. The number of hydrogen-bond donors (Lipinski definition) is 2. The van der Waals surface area contributed by atoms with Crippen molar-refractivity contribution in [1.82, 2.24) is 10.3 Å². The first-order valence-corrected chi connectivity index (χ1v) is 7.94. The van der Waals surface area contributed by atoms with Gasteiger partial charge in [0.05, 0.1) is 11.6 Å². The van der Waals surface area contributed by atoms with E-state index in [1.165, 1.54) is 0 Å². The van der Waals surface area contributed by atoms with E-state index < -0.39 is 0 Å². The lowest BCUT2D eigenvalue weighted by molar-refractivity contribution is -0.127. The van der Waals surface area contributed by atoms with Crippen molar-refractivity contribution in [2.45, 2.75) is 45.3 Å². The molecule has 116 valence electrons. The van der Waals surface area contributed by atoms with E-state index in [-0.39, 0.29) is 17.9 Å². The Morgan fingerprint density at radius 2 is 2.23 bits per heavy atom. The minimum Gasteiger partial charge on any atom is -0.393 e. The fourth-order valence-electron chi connectivity index (χ4n) is 3.28. The van der Waals surface area contributed by atoms with Crippen LogP contribution < -0.4 is 5.32 Å². The Bertz CT molecular complexity index is 684. The number of amides is 1. The van der Waals surface area contributed by atoms with Crippen molar-refractivity contribution in [3.05, 3.63) is 41.6 Å². The van der Waals surface area contributed by atoms with Gasteiger partial charge in [-0.05, 0) is 49.4 Å². The molecule has 1 aromatic heterocycles. The van der Waals surface area contributed by atoms with Crippen LogP contribution in [0.3, 0.4) is 0 Å². The van der Waals surface area contributed by atoms with Crippen molar-refractivity contribution >= 4 is 16.8 Å². The summed E-state index contributed by atoms with van der Waals surface area (Å²) in [4.78, 5) is 16.7. The molecule has 1 saturated carbocycles. The summed E-state index contributed by atoms with van der Waals surface area (Å²) in [5.41, 5.74) is 3.23. The first-order valence-electron chi connectivity index (χ1n) is 7.94. The average Bonchev–Trinajstić information content (AvgIpc) is 2.53. The normalized spacial score (nSPS) is 21.7. The summed E-state index contributed by atoms with van der Waals surface area (Å²) < 4.78 is 0. The molecular weight excluding hydrogens is 276 g/mol. The average molecular weight is 298 g/mol. The zero-order valence-electron chi connectivity index (χ0n) is 12.9. The third-order valence-corrected chi connectivity index (χ3v) is 4.59. The fourth-order valence-corrected chi connectivity index (χ4v) is 3.28. The van der Waals surface area contributed by atoms with Gasteiger partial charge in [0.2, 0.25) is 5.91 Å². The number of nitrogens with one attached hydrogen (secondary N) is 1. The van der Waals surface area contributed by atoms with E-state index in [0.717, 1.165) is 41.3 Å². The number of aliphatic hydroxyl groups is 1. The first kappa shape index (κ1) is 15.0. The van der Waals surface area contributed by atoms with Crippen molar-refractivity contribution in [3.63, 3.8) is 0 Å². The summed E-state index contributed by atoms with van der Waals surface area (Å²) in [5, 5.41) is 13.8. The lowest BCUT2D eigenvalue weighted by Crippen LogP contribution is -2.34. The van der Waals surface area contributed by atoms with Crippen molar-refractivity contribution < 1.29 is 9.90 Å². The minimum atomic E-state index is -0.326. The van der Waals surface area contributed by atoms with Gasteiger partial charge >= 0.3 is 0 Å². The van der Waals surface area contributed by atoms with Crippen LogP contribution in [0.1, 0.15) is 36.8 Å². The van der Waals surface area contributed by atoms with Crippen LogP contribution in [-0.2, 0) is 11.3 Å². The highest BCUT2D eigenvalue weighted by Crippen LogP contribution is 2.25. The van der Waals surface area contributed by atoms with Crippen LogP contribution >= 0.6 is 0 Å². The van der Waals surface area contributed by atoms with Crippen LogP contribution in [-0.4, -0.2) is 22.1 Å². The molecule has 0 aliphatic heterocycles. The molecule has 4 nitrogen and oxygen atoms in total. The summed E-state index contributed by atoms with van der Waals surface area (Å²) in [7, 11) is 0. The van der Waals surface area contributed by atoms with Gasteiger partial charge in [0.15, 0.2) is 0 Å². The smallest absolute Gasteiger partial charge is 0.223 e. The van der Waals surface area contributed by atoms with E-state index in [1.807, 2.05) is 24.3 Å². The number of aromatic nitrogens is 1. The van der Waals surface area contributed by atoms with Gasteiger partial charge in [0.1, 0.15) is 0 Å². The van der Waals surface area contributed by atoms with Gasteiger partial charge in [-0.1, -0.05) is 18.6 Å². The number of benzene rings is 1. The molecular formula is C18H22N2O2. The van der Waals surface area contributed by atoms with Crippen LogP contribution in [0.2, 0.25) is 0 Å². The van der Waals surface area contributed by atoms with E-state index in [2.05, 4.69) is 17.2 Å². The molecule has 0 bridgehead atoms. The largest absolute Gasteiger partial charge is 0.393 e. The molecule has 22 heavy (non-hydrogen) atoms. The molecule has 2 N–H and O–H groups in total. The van der Waals surface area contributed by atoms with E-state index in [0.29, 0.717) is 13.0 Å². The molecule has 3 rings (SSSR count). The first-order chi connectivity index (χ1) is 10.6. The summed E-state index contributed by atoms with van der Waals surface area (Å²) in [5.74, 6) is -0.00352. The molecule has 2 aromatic rings. The minimum absolute atomic E-state index is 0.0547. The quantitative estimate of drug-likeness (QED) is 0.916. The zero-order chi connectivity index (χ0) is 15.5. The molecule has 0 unspecified atom stereocenters. The van der Waals surface area contributed by atoms with Gasteiger partial charge in [0.25, 0.3) is 0 Å². The number of hydrogen-bond acceptors (Lipinski definition) is 3. The predicted molar refractivity (Wildman–Crippen MR) is 86.3 cm³/mol. The number of nitrogens with zero attached hydrogens (tertiary/aromatic N) is 1. The molecule has 1 heterocycles. The Balaban J connectivity index is 1.73. The second kappa shape index (κ2) is 6.44. The maximum absolute atomic E-state index is 12.3. The third-order valence-electron chi connectivity index (χ3n) is 4.59. The lowest BCUT2D eigenvalue weighted by Gasteiger charge is -2.25. The fraction of sp³-hybridized carbons (Fsp3) is 0.444. The van der Waals surface area contributed by atoms with Gasteiger partial charge in [0, 0.05) is 24.0 Å². The molecule has 1 aliphatic rings. The van der Waals surface area contributed by atoms with Crippen LogP contribution in [0.25, 0.3) is 10.9 Å². The van der Waals surface area contributed by atoms with Crippen molar-refractivity contribution in [2.24, 2.45) is 5.92 Å². The van der Waals surface area contributed by atoms with Gasteiger partial charge in [-0.15, -0.1) is 0 Å². The topological polar surface area (TPSA) is 62.2 Å². The van der Waals surface area contributed by atoms with Gasteiger partial charge < -0.3 is 10.4 Å². The second-order valence-corrected chi connectivity index (χ2v) is 6.17. The summed E-state index contributed by atoms with van der Waals surface area (Å²) in [6.45, 7) is 2.57. The Hall–Kier alpha value is -1.94. The molecule has 4 heteroatoms. The maximum atomic E-state index is 12.3. The lowest BCUT2D eigenvalue weighted by atomic mass is 9.86. The van der Waals surface area contributed by atoms with Crippen LogP contribution in [0.15, 0.2) is 30.5 Å². The monoisotopic (exact) mass is 298 g/mol. The number of aryl methyl sites for hydroxylation is 1. The van der Waals surface area contributed by atoms with Crippen LogP contribution in [0.5, 0.6) is 0 Å². The summed E-state index contributed by atoms with van der Waals surface area (Å²) in [6.07, 6.45) is 4.66. The Morgan fingerprint density at radius 1 is 1.36 bits per heavy atom. The number of rotatable bonds is 3. The molecule has 1 aromatic carbocycles. The highest BCUT2D eigenvalue weighted by atomic mass is 16.3. The summed E-state index contributed by atoms with van der Waals surface area (Å²) in [6, 6.07) is 8.01. The number of fused-ring (bicyclic) bond motifs is 1.